The van der Waals surface area contributed by atoms with Gasteiger partial charge in [-0.05, 0) is 44.4 Å². The zero-order valence-corrected chi connectivity index (χ0v) is 11.7. The third kappa shape index (κ3) is 3.10. The predicted octanol–water partition coefficient (Wildman–Crippen LogP) is 1.85. The molecule has 108 valence electrons. The Morgan fingerprint density at radius 1 is 1.45 bits per heavy atom. The van der Waals surface area contributed by atoms with Crippen LogP contribution in [0.4, 0.5) is 0 Å². The molecule has 0 spiro atoms. The summed E-state index contributed by atoms with van der Waals surface area (Å²) in [4.78, 5) is 23.0. The molecule has 0 bridgehead atoms. The number of aryl methyl sites for hydroxylation is 1. The van der Waals surface area contributed by atoms with Crippen molar-refractivity contribution >= 4 is 11.9 Å². The quantitative estimate of drug-likeness (QED) is 0.880. The molecule has 5 nitrogen and oxygen atoms in total. The van der Waals surface area contributed by atoms with Crippen LogP contribution in [0.25, 0.3) is 0 Å². The highest BCUT2D eigenvalue weighted by Crippen LogP contribution is 2.26. The first-order valence-corrected chi connectivity index (χ1v) is 6.67. The minimum absolute atomic E-state index is 0.142. The van der Waals surface area contributed by atoms with E-state index in [1.807, 2.05) is 6.07 Å². The summed E-state index contributed by atoms with van der Waals surface area (Å²) in [5.41, 5.74) is 0.692. The Morgan fingerprint density at radius 3 is 2.90 bits per heavy atom. The molecule has 2 N–H and O–H groups in total. The van der Waals surface area contributed by atoms with E-state index in [0.717, 1.165) is 5.56 Å². The van der Waals surface area contributed by atoms with Gasteiger partial charge in [0.1, 0.15) is 12.4 Å². The maximum absolute atomic E-state index is 11.9. The van der Waals surface area contributed by atoms with Gasteiger partial charge in [-0.1, -0.05) is 6.07 Å². The van der Waals surface area contributed by atoms with Crippen LogP contribution < -0.4 is 10.1 Å². The fraction of sp³-hybridized carbons (Fsp3) is 0.467. The van der Waals surface area contributed by atoms with Gasteiger partial charge < -0.3 is 15.2 Å². The molecule has 1 amide bonds. The Labute approximate surface area is 117 Å². The van der Waals surface area contributed by atoms with Crippen molar-refractivity contribution in [2.45, 2.75) is 26.7 Å². The van der Waals surface area contributed by atoms with Gasteiger partial charge in [-0.15, -0.1) is 0 Å². The lowest BCUT2D eigenvalue weighted by molar-refractivity contribution is -0.147. The number of amides is 1. The number of rotatable bonds is 4. The molecular formula is C15H19NO4. The molecule has 1 aromatic rings. The number of carboxylic acid groups (broad SMARTS) is 1. The molecule has 0 unspecified atom stereocenters. The van der Waals surface area contributed by atoms with E-state index in [0.29, 0.717) is 37.3 Å². The summed E-state index contributed by atoms with van der Waals surface area (Å²) in [6, 6.07) is 5.45. The molecule has 2 rings (SSSR count). The molecule has 0 aromatic heterocycles. The Morgan fingerprint density at radius 2 is 2.20 bits per heavy atom. The second-order valence-electron chi connectivity index (χ2n) is 5.62. The van der Waals surface area contributed by atoms with Crippen molar-refractivity contribution in [3.05, 3.63) is 29.3 Å². The van der Waals surface area contributed by atoms with Crippen molar-refractivity contribution in [1.29, 1.82) is 0 Å². The number of carbonyl (C=O) groups is 2. The number of hydrogen-bond acceptors (Lipinski definition) is 3. The summed E-state index contributed by atoms with van der Waals surface area (Å²) in [5.74, 6) is -0.369. The highest BCUT2D eigenvalue weighted by atomic mass is 16.5. The lowest BCUT2D eigenvalue weighted by Gasteiger charge is -2.19. The van der Waals surface area contributed by atoms with Gasteiger partial charge in [-0.25, -0.2) is 0 Å². The van der Waals surface area contributed by atoms with E-state index in [1.54, 1.807) is 26.0 Å². The van der Waals surface area contributed by atoms with Crippen LogP contribution in [0.15, 0.2) is 18.2 Å². The van der Waals surface area contributed by atoms with Gasteiger partial charge in [-0.3, -0.25) is 9.59 Å². The first kappa shape index (κ1) is 14.4. The van der Waals surface area contributed by atoms with Gasteiger partial charge in [0.15, 0.2) is 0 Å². The van der Waals surface area contributed by atoms with Gasteiger partial charge in [-0.2, -0.15) is 0 Å². The second kappa shape index (κ2) is 5.53. The molecular weight excluding hydrogens is 258 g/mol. The average Bonchev–Trinajstić information content (AvgIpc) is 2.58. The highest BCUT2D eigenvalue weighted by molar-refractivity contribution is 5.97. The third-order valence-electron chi connectivity index (χ3n) is 3.55. The fourth-order valence-electron chi connectivity index (χ4n) is 2.02. The maximum atomic E-state index is 11.9. The number of hydrogen-bond donors (Lipinski definition) is 2. The number of carbonyl (C=O) groups excluding carboxylic acids is 1. The summed E-state index contributed by atoms with van der Waals surface area (Å²) in [7, 11) is 0. The predicted molar refractivity (Wildman–Crippen MR) is 74.0 cm³/mol. The molecule has 0 atom stereocenters. The van der Waals surface area contributed by atoms with Gasteiger partial charge in [0.2, 0.25) is 0 Å². The van der Waals surface area contributed by atoms with Gasteiger partial charge in [0.05, 0.1) is 17.5 Å². The smallest absolute Gasteiger partial charge is 0.309 e. The lowest BCUT2D eigenvalue weighted by atomic mass is 9.86. The van der Waals surface area contributed by atoms with E-state index in [1.165, 1.54) is 0 Å². The van der Waals surface area contributed by atoms with E-state index in [9.17, 15) is 9.59 Å². The molecule has 1 aromatic carbocycles. The van der Waals surface area contributed by atoms with Crippen molar-refractivity contribution in [3.63, 3.8) is 0 Å². The number of benzene rings is 1. The van der Waals surface area contributed by atoms with Gasteiger partial charge in [0.25, 0.3) is 5.91 Å². The van der Waals surface area contributed by atoms with Gasteiger partial charge in [0, 0.05) is 0 Å². The Kier molecular flexibility index (Phi) is 3.97. The van der Waals surface area contributed by atoms with Crippen molar-refractivity contribution < 1.29 is 19.4 Å². The molecule has 0 fully saturated rings. The van der Waals surface area contributed by atoms with E-state index in [-0.39, 0.29) is 5.91 Å². The van der Waals surface area contributed by atoms with Crippen LogP contribution in [0.2, 0.25) is 0 Å². The van der Waals surface area contributed by atoms with E-state index in [4.69, 9.17) is 9.84 Å². The summed E-state index contributed by atoms with van der Waals surface area (Å²) < 4.78 is 5.48. The normalized spacial score (nSPS) is 14.8. The summed E-state index contributed by atoms with van der Waals surface area (Å²) in [6.07, 6.45) is 1.13. The second-order valence-corrected chi connectivity index (χ2v) is 5.62. The van der Waals surface area contributed by atoms with E-state index < -0.39 is 11.4 Å². The van der Waals surface area contributed by atoms with E-state index in [2.05, 4.69) is 5.32 Å². The molecule has 0 radical (unpaired) electrons. The largest absolute Gasteiger partial charge is 0.491 e. The highest BCUT2D eigenvalue weighted by Gasteiger charge is 2.26. The molecule has 20 heavy (non-hydrogen) atoms. The van der Waals surface area contributed by atoms with Crippen molar-refractivity contribution in [2.24, 2.45) is 5.41 Å². The standard InChI is InChI=1S/C15H19NO4/c1-15(2,14(18)19)6-5-10-3-4-12-11(9-10)13(17)16-7-8-20-12/h3-4,9H,5-8H2,1-2H3,(H,16,17)(H,18,19). The number of aliphatic carboxylic acids is 1. The number of ether oxygens (including phenoxy) is 1. The first-order valence-electron chi connectivity index (χ1n) is 6.67. The summed E-state index contributed by atoms with van der Waals surface area (Å²) >= 11 is 0. The third-order valence-corrected chi connectivity index (χ3v) is 3.55. The fourth-order valence-corrected chi connectivity index (χ4v) is 2.02. The Hall–Kier alpha value is -2.04. The van der Waals surface area contributed by atoms with Crippen LogP contribution in [0, 0.1) is 5.41 Å². The molecule has 1 aliphatic heterocycles. The van der Waals surface area contributed by atoms with Gasteiger partial charge >= 0.3 is 5.97 Å². The Balaban J connectivity index is 2.15. The summed E-state index contributed by atoms with van der Waals surface area (Å²) in [5, 5.41) is 11.9. The molecule has 5 heteroatoms. The maximum Gasteiger partial charge on any atom is 0.309 e. The molecule has 0 saturated heterocycles. The molecule has 1 aliphatic rings. The monoisotopic (exact) mass is 277 g/mol. The van der Waals surface area contributed by atoms with Crippen molar-refractivity contribution in [2.75, 3.05) is 13.2 Å². The SMILES string of the molecule is CC(C)(CCc1ccc2c(c1)C(=O)NCCO2)C(=O)O. The van der Waals surface area contributed by atoms with Crippen LogP contribution in [-0.4, -0.2) is 30.1 Å². The van der Waals surface area contributed by atoms with Crippen molar-refractivity contribution in [3.8, 4) is 5.75 Å². The van der Waals surface area contributed by atoms with Crippen molar-refractivity contribution in [1.82, 2.24) is 5.32 Å². The summed E-state index contributed by atoms with van der Waals surface area (Å²) in [6.45, 7) is 4.36. The van der Waals surface area contributed by atoms with Crippen LogP contribution in [-0.2, 0) is 11.2 Å². The lowest BCUT2D eigenvalue weighted by Crippen LogP contribution is -2.25. The van der Waals surface area contributed by atoms with Crippen LogP contribution >= 0.6 is 0 Å². The van der Waals surface area contributed by atoms with Crippen LogP contribution in [0.5, 0.6) is 5.75 Å². The van der Waals surface area contributed by atoms with Crippen LogP contribution in [0.3, 0.4) is 0 Å². The molecule has 0 saturated carbocycles. The van der Waals surface area contributed by atoms with Crippen LogP contribution in [0.1, 0.15) is 36.2 Å². The zero-order chi connectivity index (χ0) is 14.8. The minimum atomic E-state index is -0.812. The first-order chi connectivity index (χ1) is 9.40. The molecule has 1 heterocycles. The zero-order valence-electron chi connectivity index (χ0n) is 11.7. The average molecular weight is 277 g/mol. The minimum Gasteiger partial charge on any atom is -0.491 e. The topological polar surface area (TPSA) is 75.6 Å². The molecule has 0 aliphatic carbocycles. The van der Waals surface area contributed by atoms with E-state index >= 15 is 0 Å². The number of carboxylic acids is 1. The Bertz CT molecular complexity index is 537. The number of fused-ring (bicyclic) bond motifs is 1. The number of nitrogens with one attached hydrogen (secondary N) is 1.